The van der Waals surface area contributed by atoms with Crippen LogP contribution in [0.1, 0.15) is 25.0 Å². The van der Waals surface area contributed by atoms with Crippen molar-refractivity contribution >= 4 is 22.4 Å². The molecular formula is C26H31N7. The zero-order valence-electron chi connectivity index (χ0n) is 19.4. The molecule has 2 atom stereocenters. The molecule has 33 heavy (non-hydrogen) atoms. The molecule has 0 radical (unpaired) electrons. The van der Waals surface area contributed by atoms with Crippen molar-refractivity contribution in [3.63, 3.8) is 0 Å². The number of fused-ring (bicyclic) bond motifs is 1. The molecule has 0 amide bonds. The van der Waals surface area contributed by atoms with E-state index in [1.165, 1.54) is 5.56 Å². The number of nitrogens with one attached hydrogen (secondary N) is 1. The quantitative estimate of drug-likeness (QED) is 0.667. The van der Waals surface area contributed by atoms with Gasteiger partial charge in [0.05, 0.1) is 11.1 Å². The van der Waals surface area contributed by atoms with E-state index in [0.29, 0.717) is 17.6 Å². The van der Waals surface area contributed by atoms with Crippen molar-refractivity contribution < 1.29 is 0 Å². The summed E-state index contributed by atoms with van der Waals surface area (Å²) in [5.41, 5.74) is 3.84. The molecule has 2 aliphatic heterocycles. The van der Waals surface area contributed by atoms with E-state index in [1.54, 1.807) is 6.20 Å². The number of piperazine rings is 2. The number of rotatable bonds is 4. The largest absolute Gasteiger partial charge is 0.368 e. The normalized spacial score (nSPS) is 21.8. The number of hydrogen-bond acceptors (Lipinski definition) is 7. The third-order valence-electron chi connectivity index (χ3n) is 6.92. The predicted molar refractivity (Wildman–Crippen MR) is 132 cm³/mol. The van der Waals surface area contributed by atoms with Crippen LogP contribution in [0.15, 0.2) is 48.8 Å². The minimum absolute atomic E-state index is 0.393. The number of pyridine rings is 2. The summed E-state index contributed by atoms with van der Waals surface area (Å²) in [5, 5.41) is 13.9. The SMILES string of the molecule is C[C@@H]1CN(c2ccc(C#N)c3ncccc23)C[C@H](C)N1Cc1ccc(N2CCNCC2)nc1. The second-order valence-corrected chi connectivity index (χ2v) is 9.18. The van der Waals surface area contributed by atoms with E-state index < -0.39 is 0 Å². The van der Waals surface area contributed by atoms with E-state index in [-0.39, 0.29) is 0 Å². The molecule has 0 aliphatic carbocycles. The van der Waals surface area contributed by atoms with Gasteiger partial charge in [-0.25, -0.2) is 4.98 Å². The Kier molecular flexibility index (Phi) is 6.12. The number of aromatic nitrogens is 2. The van der Waals surface area contributed by atoms with Crippen molar-refractivity contribution in [1.29, 1.82) is 5.26 Å². The molecule has 2 aliphatic rings. The fourth-order valence-corrected chi connectivity index (χ4v) is 5.19. The van der Waals surface area contributed by atoms with Gasteiger partial charge < -0.3 is 15.1 Å². The van der Waals surface area contributed by atoms with E-state index >= 15 is 0 Å². The summed E-state index contributed by atoms with van der Waals surface area (Å²) < 4.78 is 0. The van der Waals surface area contributed by atoms with E-state index in [0.717, 1.165) is 68.2 Å². The molecule has 0 spiro atoms. The van der Waals surface area contributed by atoms with Crippen LogP contribution in [0.5, 0.6) is 0 Å². The molecule has 7 heteroatoms. The third kappa shape index (κ3) is 4.37. The van der Waals surface area contributed by atoms with Crippen molar-refractivity contribution in [2.75, 3.05) is 49.1 Å². The smallest absolute Gasteiger partial charge is 0.128 e. The lowest BCUT2D eigenvalue weighted by Crippen LogP contribution is -2.56. The maximum absolute atomic E-state index is 9.47. The minimum Gasteiger partial charge on any atom is -0.368 e. The number of anilines is 2. The van der Waals surface area contributed by atoms with Crippen molar-refractivity contribution in [3.8, 4) is 6.07 Å². The summed E-state index contributed by atoms with van der Waals surface area (Å²) in [5.74, 6) is 1.08. The fraction of sp³-hybridized carbons (Fsp3) is 0.423. The minimum atomic E-state index is 0.393. The van der Waals surface area contributed by atoms with Crippen molar-refractivity contribution in [3.05, 3.63) is 59.9 Å². The first-order valence-corrected chi connectivity index (χ1v) is 11.8. The summed E-state index contributed by atoms with van der Waals surface area (Å²) in [4.78, 5) is 16.6. The highest BCUT2D eigenvalue weighted by molar-refractivity contribution is 5.95. The van der Waals surface area contributed by atoms with Crippen molar-refractivity contribution in [1.82, 2.24) is 20.2 Å². The van der Waals surface area contributed by atoms with Gasteiger partial charge in [-0.1, -0.05) is 6.07 Å². The Labute approximate surface area is 195 Å². The molecule has 2 fully saturated rings. The van der Waals surface area contributed by atoms with Gasteiger partial charge in [0.2, 0.25) is 0 Å². The van der Waals surface area contributed by atoms with Gasteiger partial charge in [-0.15, -0.1) is 0 Å². The average Bonchev–Trinajstić information content (AvgIpc) is 2.86. The monoisotopic (exact) mass is 441 g/mol. The summed E-state index contributed by atoms with van der Waals surface area (Å²) >= 11 is 0. The standard InChI is InChI=1S/C26H31N7/c1-19-16-32(24-7-6-22(14-27)26-23(24)4-3-9-29-26)17-20(2)33(19)18-21-5-8-25(30-15-21)31-12-10-28-11-13-31/h3-9,15,19-20,28H,10-13,16-18H2,1-2H3/t19-,20+. The van der Waals surface area contributed by atoms with Crippen LogP contribution >= 0.6 is 0 Å². The average molecular weight is 442 g/mol. The van der Waals surface area contributed by atoms with Crippen LogP contribution in [-0.2, 0) is 6.54 Å². The molecule has 4 heterocycles. The summed E-state index contributed by atoms with van der Waals surface area (Å²) in [6.45, 7) is 11.5. The predicted octanol–water partition coefficient (Wildman–Crippen LogP) is 3.01. The van der Waals surface area contributed by atoms with Crippen LogP contribution in [0, 0.1) is 11.3 Å². The molecule has 7 nitrogen and oxygen atoms in total. The molecule has 1 N–H and O–H groups in total. The zero-order chi connectivity index (χ0) is 22.8. The van der Waals surface area contributed by atoms with Crippen LogP contribution in [-0.4, -0.2) is 66.2 Å². The fourth-order valence-electron chi connectivity index (χ4n) is 5.19. The third-order valence-corrected chi connectivity index (χ3v) is 6.92. The lowest BCUT2D eigenvalue weighted by Gasteiger charge is -2.45. The van der Waals surface area contributed by atoms with Gasteiger partial charge in [-0.3, -0.25) is 9.88 Å². The Balaban J connectivity index is 1.30. The van der Waals surface area contributed by atoms with Gasteiger partial charge in [0, 0.05) is 81.4 Å². The molecule has 2 saturated heterocycles. The molecule has 3 aromatic rings. The lowest BCUT2D eigenvalue weighted by molar-refractivity contribution is 0.123. The first kappa shape index (κ1) is 21.6. The second-order valence-electron chi connectivity index (χ2n) is 9.18. The molecule has 170 valence electrons. The van der Waals surface area contributed by atoms with Gasteiger partial charge in [0.15, 0.2) is 0 Å². The number of hydrogen-bond donors (Lipinski definition) is 1. The van der Waals surface area contributed by atoms with Crippen LogP contribution in [0.4, 0.5) is 11.5 Å². The van der Waals surface area contributed by atoms with Gasteiger partial charge in [0.1, 0.15) is 11.9 Å². The van der Waals surface area contributed by atoms with Crippen molar-refractivity contribution in [2.45, 2.75) is 32.5 Å². The molecular weight excluding hydrogens is 410 g/mol. The molecule has 0 saturated carbocycles. The number of benzene rings is 1. The first-order valence-electron chi connectivity index (χ1n) is 11.8. The maximum Gasteiger partial charge on any atom is 0.128 e. The van der Waals surface area contributed by atoms with Crippen LogP contribution < -0.4 is 15.1 Å². The van der Waals surface area contributed by atoms with E-state index in [9.17, 15) is 5.26 Å². The molecule has 0 bridgehead atoms. The Bertz CT molecular complexity index is 1140. The summed E-state index contributed by atoms with van der Waals surface area (Å²) in [6, 6.07) is 15.5. The van der Waals surface area contributed by atoms with Crippen LogP contribution in [0.3, 0.4) is 0 Å². The molecule has 5 rings (SSSR count). The molecule has 2 aromatic heterocycles. The Morgan fingerprint density at radius 1 is 1.00 bits per heavy atom. The lowest BCUT2D eigenvalue weighted by atomic mass is 10.0. The van der Waals surface area contributed by atoms with Gasteiger partial charge in [0.25, 0.3) is 0 Å². The maximum atomic E-state index is 9.47. The number of nitriles is 1. The zero-order valence-corrected chi connectivity index (χ0v) is 19.4. The van der Waals surface area contributed by atoms with Crippen LogP contribution in [0.2, 0.25) is 0 Å². The molecule has 1 aromatic carbocycles. The number of nitrogens with zero attached hydrogens (tertiary/aromatic N) is 6. The molecule has 0 unspecified atom stereocenters. The Morgan fingerprint density at radius 3 is 2.48 bits per heavy atom. The first-order chi connectivity index (χ1) is 16.1. The van der Waals surface area contributed by atoms with E-state index in [1.807, 2.05) is 18.3 Å². The van der Waals surface area contributed by atoms with E-state index in [2.05, 4.69) is 69.2 Å². The Hall–Kier alpha value is -3.21. The van der Waals surface area contributed by atoms with Crippen molar-refractivity contribution in [2.24, 2.45) is 0 Å². The van der Waals surface area contributed by atoms with E-state index in [4.69, 9.17) is 4.98 Å². The Morgan fingerprint density at radius 2 is 1.79 bits per heavy atom. The van der Waals surface area contributed by atoms with Crippen LogP contribution in [0.25, 0.3) is 10.9 Å². The van der Waals surface area contributed by atoms with Gasteiger partial charge in [-0.05, 0) is 49.7 Å². The highest BCUT2D eigenvalue weighted by atomic mass is 15.3. The second kappa shape index (κ2) is 9.34. The highest BCUT2D eigenvalue weighted by Gasteiger charge is 2.30. The van der Waals surface area contributed by atoms with Gasteiger partial charge >= 0.3 is 0 Å². The topological polar surface area (TPSA) is 71.3 Å². The highest BCUT2D eigenvalue weighted by Crippen LogP contribution is 2.31. The summed E-state index contributed by atoms with van der Waals surface area (Å²) in [7, 11) is 0. The van der Waals surface area contributed by atoms with Gasteiger partial charge in [-0.2, -0.15) is 5.26 Å². The summed E-state index contributed by atoms with van der Waals surface area (Å²) in [6.07, 6.45) is 3.81.